The second kappa shape index (κ2) is 8.63. The van der Waals surface area contributed by atoms with E-state index in [1.54, 1.807) is 49.4 Å². The number of urea groups is 1. The van der Waals surface area contributed by atoms with Crippen LogP contribution in [0.25, 0.3) is 6.08 Å². The summed E-state index contributed by atoms with van der Waals surface area (Å²) >= 11 is 9.49. The molecule has 0 aliphatic carbocycles. The first-order valence-corrected chi connectivity index (χ1v) is 9.70. The van der Waals surface area contributed by atoms with Crippen LogP contribution in [0, 0.1) is 6.92 Å². The van der Waals surface area contributed by atoms with Crippen molar-refractivity contribution >= 4 is 57.1 Å². The lowest BCUT2D eigenvalue weighted by molar-refractivity contribution is -0.122. The Bertz CT molecular complexity index is 1060. The van der Waals surface area contributed by atoms with Gasteiger partial charge in [0.15, 0.2) is 0 Å². The maximum absolute atomic E-state index is 13.1. The molecule has 0 spiro atoms. The molecule has 2 aromatic rings. The molecule has 148 valence electrons. The zero-order chi connectivity index (χ0) is 21.1. The summed E-state index contributed by atoms with van der Waals surface area (Å²) in [4.78, 5) is 38.8. The van der Waals surface area contributed by atoms with Crippen LogP contribution in [-0.4, -0.2) is 24.5 Å². The zero-order valence-corrected chi connectivity index (χ0v) is 17.7. The zero-order valence-electron chi connectivity index (χ0n) is 15.4. The number of barbiturate groups is 1. The van der Waals surface area contributed by atoms with Crippen LogP contribution in [0.5, 0.6) is 5.75 Å². The van der Waals surface area contributed by atoms with E-state index in [9.17, 15) is 14.4 Å². The average molecular weight is 476 g/mol. The molecule has 0 unspecified atom stereocenters. The first kappa shape index (κ1) is 20.8. The van der Waals surface area contributed by atoms with Crippen LogP contribution >= 0.6 is 27.5 Å². The summed E-state index contributed by atoms with van der Waals surface area (Å²) < 4.78 is 6.33. The quantitative estimate of drug-likeness (QED) is 0.388. The summed E-state index contributed by atoms with van der Waals surface area (Å²) in [6.45, 7) is 5.55. The molecule has 6 nitrogen and oxygen atoms in total. The van der Waals surface area contributed by atoms with Crippen LogP contribution in [0.1, 0.15) is 11.1 Å². The van der Waals surface area contributed by atoms with Gasteiger partial charge in [-0.05, 0) is 48.9 Å². The summed E-state index contributed by atoms with van der Waals surface area (Å²) in [5, 5.41) is 2.60. The maximum atomic E-state index is 13.1. The summed E-state index contributed by atoms with van der Waals surface area (Å²) in [6, 6.07) is 9.21. The Morgan fingerprint density at radius 3 is 2.72 bits per heavy atom. The molecule has 0 atom stereocenters. The number of amides is 4. The van der Waals surface area contributed by atoms with Gasteiger partial charge < -0.3 is 4.74 Å². The van der Waals surface area contributed by atoms with Gasteiger partial charge in [-0.1, -0.05) is 46.3 Å². The van der Waals surface area contributed by atoms with E-state index in [2.05, 4.69) is 27.8 Å². The van der Waals surface area contributed by atoms with Gasteiger partial charge in [0.2, 0.25) is 0 Å². The Labute approximate surface area is 180 Å². The number of rotatable bonds is 5. The molecule has 8 heteroatoms. The predicted molar refractivity (Wildman–Crippen MR) is 115 cm³/mol. The van der Waals surface area contributed by atoms with Crippen LogP contribution < -0.4 is 15.0 Å². The number of carbonyl (C=O) groups is 3. The molecule has 0 aromatic heterocycles. The third-order valence-corrected chi connectivity index (χ3v) is 5.11. The SMILES string of the molecule is C=CCOc1ccc(Br)cc1/C=C1\C(=O)NC(=O)N(c2cccc(Cl)c2C)C1=O. The monoisotopic (exact) mass is 474 g/mol. The van der Waals surface area contributed by atoms with Crippen molar-refractivity contribution in [2.24, 2.45) is 0 Å². The molecule has 1 heterocycles. The molecular weight excluding hydrogens is 460 g/mol. The first-order chi connectivity index (χ1) is 13.8. The van der Waals surface area contributed by atoms with Gasteiger partial charge in [0.1, 0.15) is 17.9 Å². The standard InChI is InChI=1S/C21H16BrClN2O4/c1-3-9-29-18-8-7-14(22)10-13(18)11-15-19(26)24-21(28)25(20(15)27)17-6-4-5-16(23)12(17)2/h3-8,10-11H,1,9H2,2H3,(H,24,26,28)/b15-11+. The number of halogens is 2. The van der Waals surface area contributed by atoms with Crippen LogP contribution in [0.15, 0.2) is 59.1 Å². The van der Waals surface area contributed by atoms with Crippen LogP contribution in [0.3, 0.4) is 0 Å². The molecular formula is C21H16BrClN2O4. The minimum absolute atomic E-state index is 0.203. The minimum Gasteiger partial charge on any atom is -0.489 e. The van der Waals surface area contributed by atoms with Gasteiger partial charge >= 0.3 is 6.03 Å². The minimum atomic E-state index is -0.833. The van der Waals surface area contributed by atoms with E-state index in [0.717, 1.165) is 9.37 Å². The largest absolute Gasteiger partial charge is 0.489 e. The van der Waals surface area contributed by atoms with E-state index in [1.807, 2.05) is 0 Å². The molecule has 1 saturated heterocycles. The van der Waals surface area contributed by atoms with Crippen LogP contribution in [0.4, 0.5) is 10.5 Å². The van der Waals surface area contributed by atoms with Gasteiger partial charge in [0.25, 0.3) is 11.8 Å². The highest BCUT2D eigenvalue weighted by Gasteiger charge is 2.37. The molecule has 1 aliphatic rings. The number of imide groups is 2. The first-order valence-electron chi connectivity index (χ1n) is 8.53. The number of carbonyl (C=O) groups excluding carboxylic acids is 3. The Morgan fingerprint density at radius 1 is 1.24 bits per heavy atom. The highest BCUT2D eigenvalue weighted by atomic mass is 79.9. The van der Waals surface area contributed by atoms with Gasteiger partial charge in [-0.15, -0.1) is 0 Å². The molecule has 29 heavy (non-hydrogen) atoms. The third-order valence-electron chi connectivity index (χ3n) is 4.21. The van der Waals surface area contributed by atoms with Crippen LogP contribution in [-0.2, 0) is 9.59 Å². The second-order valence-electron chi connectivity index (χ2n) is 6.12. The summed E-state index contributed by atoms with van der Waals surface area (Å²) in [5.41, 5.74) is 1.14. The van der Waals surface area contributed by atoms with Gasteiger partial charge in [-0.3, -0.25) is 14.9 Å². The third kappa shape index (κ3) is 4.26. The van der Waals surface area contributed by atoms with E-state index >= 15 is 0 Å². The molecule has 0 saturated carbocycles. The lowest BCUT2D eigenvalue weighted by Gasteiger charge is -2.27. The van der Waals surface area contributed by atoms with Crippen LogP contribution in [0.2, 0.25) is 5.02 Å². The number of anilines is 1. The van der Waals surface area contributed by atoms with Crippen molar-refractivity contribution in [2.45, 2.75) is 6.92 Å². The average Bonchev–Trinajstić information content (AvgIpc) is 2.67. The summed E-state index contributed by atoms with van der Waals surface area (Å²) in [5.74, 6) is -1.08. The number of hydrogen-bond donors (Lipinski definition) is 1. The fourth-order valence-corrected chi connectivity index (χ4v) is 3.33. The molecule has 0 radical (unpaired) electrons. The summed E-state index contributed by atoms with van der Waals surface area (Å²) in [6.07, 6.45) is 2.97. The number of ether oxygens (including phenoxy) is 1. The highest BCUT2D eigenvalue weighted by molar-refractivity contribution is 9.10. The maximum Gasteiger partial charge on any atom is 0.335 e. The van der Waals surface area contributed by atoms with Gasteiger partial charge in [-0.2, -0.15) is 0 Å². The second-order valence-corrected chi connectivity index (χ2v) is 7.45. The number of nitrogens with one attached hydrogen (secondary N) is 1. The fraction of sp³-hybridized carbons (Fsp3) is 0.0952. The predicted octanol–water partition coefficient (Wildman–Crippen LogP) is 4.64. The van der Waals surface area contributed by atoms with Gasteiger partial charge in [0.05, 0.1) is 5.69 Å². The van der Waals surface area contributed by atoms with Crippen molar-refractivity contribution in [1.82, 2.24) is 5.32 Å². The molecule has 4 amide bonds. The van der Waals surface area contributed by atoms with E-state index in [-0.39, 0.29) is 12.2 Å². The van der Waals surface area contributed by atoms with Crippen molar-refractivity contribution in [1.29, 1.82) is 0 Å². The molecule has 1 aliphatic heterocycles. The normalized spacial score (nSPS) is 15.5. The van der Waals surface area contributed by atoms with E-state index < -0.39 is 17.8 Å². The topological polar surface area (TPSA) is 75.7 Å². The van der Waals surface area contributed by atoms with Crippen molar-refractivity contribution < 1.29 is 19.1 Å². The smallest absolute Gasteiger partial charge is 0.335 e. The number of benzene rings is 2. The number of hydrogen-bond acceptors (Lipinski definition) is 4. The van der Waals surface area contributed by atoms with Crippen molar-refractivity contribution in [3.8, 4) is 5.75 Å². The van der Waals surface area contributed by atoms with Crippen molar-refractivity contribution in [2.75, 3.05) is 11.5 Å². The molecule has 1 N–H and O–H groups in total. The van der Waals surface area contributed by atoms with Gasteiger partial charge in [0, 0.05) is 15.1 Å². The Morgan fingerprint density at radius 2 is 2.00 bits per heavy atom. The highest BCUT2D eigenvalue weighted by Crippen LogP contribution is 2.31. The molecule has 0 bridgehead atoms. The Hall–Kier alpha value is -2.90. The molecule has 2 aromatic carbocycles. The summed E-state index contributed by atoms with van der Waals surface area (Å²) in [7, 11) is 0. The van der Waals surface area contributed by atoms with Crippen molar-refractivity contribution in [3.05, 3.63) is 75.2 Å². The fourth-order valence-electron chi connectivity index (χ4n) is 2.78. The Kier molecular flexibility index (Phi) is 6.20. The van der Waals surface area contributed by atoms with Crippen molar-refractivity contribution in [3.63, 3.8) is 0 Å². The molecule has 3 rings (SSSR count). The lowest BCUT2D eigenvalue weighted by atomic mass is 10.0. The van der Waals surface area contributed by atoms with E-state index in [0.29, 0.717) is 27.6 Å². The molecule has 1 fully saturated rings. The van der Waals surface area contributed by atoms with Gasteiger partial charge in [-0.25, -0.2) is 9.69 Å². The number of nitrogens with zero attached hydrogens (tertiary/aromatic N) is 1. The van der Waals surface area contributed by atoms with E-state index in [1.165, 1.54) is 6.08 Å². The lowest BCUT2D eigenvalue weighted by Crippen LogP contribution is -2.54. The Balaban J connectivity index is 2.08. The van der Waals surface area contributed by atoms with E-state index in [4.69, 9.17) is 16.3 Å².